The summed E-state index contributed by atoms with van der Waals surface area (Å²) in [6.45, 7) is 3.95. The minimum atomic E-state index is -4.89. The van der Waals surface area contributed by atoms with Crippen LogP contribution in [0.4, 0.5) is 19.0 Å². The van der Waals surface area contributed by atoms with Crippen molar-refractivity contribution in [3.05, 3.63) is 29.3 Å². The van der Waals surface area contributed by atoms with Gasteiger partial charge in [-0.2, -0.15) is 17.6 Å². The monoisotopic (exact) mass is 303 g/mol. The minimum absolute atomic E-state index is 0.210. The first-order chi connectivity index (χ1) is 9.29. The molecule has 20 heavy (non-hydrogen) atoms. The van der Waals surface area contributed by atoms with Gasteiger partial charge in [0.2, 0.25) is 0 Å². The van der Waals surface area contributed by atoms with Gasteiger partial charge in [-0.3, -0.25) is 0 Å². The zero-order chi connectivity index (χ0) is 14.9. The molecule has 0 aliphatic carbocycles. The molecule has 0 saturated carbocycles. The van der Waals surface area contributed by atoms with Gasteiger partial charge in [0.25, 0.3) is 0 Å². The number of anilines is 1. The van der Waals surface area contributed by atoms with Gasteiger partial charge >= 0.3 is 17.9 Å². The molecule has 1 amide bonds. The van der Waals surface area contributed by atoms with Gasteiger partial charge < -0.3 is 0 Å². The van der Waals surface area contributed by atoms with Crippen LogP contribution >= 0.6 is 11.3 Å². The van der Waals surface area contributed by atoms with Crippen LogP contribution in [0.5, 0.6) is 0 Å². The van der Waals surface area contributed by atoms with Crippen molar-refractivity contribution in [3.63, 3.8) is 0 Å². The Bertz CT molecular complexity index is 634. The number of hydrogen-bond donors (Lipinski definition) is 1. The standard InChI is InChI=1S/C13H13F3N2OS/c1-8(2)7-9-11(17-12(19)13(14,15)16)18-6-4-3-5-10(18)20-9/h3-6,8H,7H2,1-2H3/p+1. The Hall–Kier alpha value is -1.63. The number of rotatable bonds is 3. The van der Waals surface area contributed by atoms with E-state index in [0.717, 1.165) is 9.71 Å². The fourth-order valence-corrected chi connectivity index (χ4v) is 3.13. The van der Waals surface area contributed by atoms with Gasteiger partial charge in [-0.05, 0) is 24.5 Å². The molecule has 0 atom stereocenters. The highest BCUT2D eigenvalue weighted by Crippen LogP contribution is 2.26. The summed E-state index contributed by atoms with van der Waals surface area (Å²) < 4.78 is 38.8. The van der Waals surface area contributed by atoms with E-state index >= 15 is 0 Å². The second-order valence-corrected chi connectivity index (χ2v) is 5.95. The van der Waals surface area contributed by atoms with E-state index in [4.69, 9.17) is 0 Å². The van der Waals surface area contributed by atoms with E-state index in [1.807, 2.05) is 19.2 Å². The second-order valence-electron chi connectivity index (χ2n) is 4.83. The number of aromatic nitrogens is 1. The molecule has 0 aliphatic heterocycles. The fourth-order valence-electron chi connectivity index (χ4n) is 1.82. The van der Waals surface area contributed by atoms with Crippen LogP contribution in [-0.2, 0) is 11.2 Å². The number of fused-ring (bicyclic) bond motifs is 1. The van der Waals surface area contributed by atoms with Crippen molar-refractivity contribution < 1.29 is 22.4 Å². The Balaban J connectivity index is 2.45. The Morgan fingerprint density at radius 3 is 2.70 bits per heavy atom. The summed E-state index contributed by atoms with van der Waals surface area (Å²) in [5, 5.41) is 1.99. The summed E-state index contributed by atoms with van der Waals surface area (Å²) in [6.07, 6.45) is -2.64. The molecule has 0 radical (unpaired) electrons. The molecular formula is C13H14F3N2OS+. The summed E-state index contributed by atoms with van der Waals surface area (Å²) in [7, 11) is 0. The van der Waals surface area contributed by atoms with E-state index in [9.17, 15) is 18.0 Å². The van der Waals surface area contributed by atoms with Crippen LogP contribution in [0, 0.1) is 5.92 Å². The summed E-state index contributed by atoms with van der Waals surface area (Å²) in [4.78, 5) is 12.7. The fraction of sp³-hybridized carbons (Fsp3) is 0.385. The molecule has 0 bridgehead atoms. The van der Waals surface area contributed by atoms with E-state index < -0.39 is 12.1 Å². The molecule has 0 unspecified atom stereocenters. The number of pyridine rings is 1. The van der Waals surface area contributed by atoms with E-state index in [1.54, 1.807) is 28.8 Å². The first-order valence-electron chi connectivity index (χ1n) is 6.09. The Morgan fingerprint density at radius 1 is 1.40 bits per heavy atom. The van der Waals surface area contributed by atoms with Crippen LogP contribution in [0.25, 0.3) is 4.83 Å². The molecule has 2 aromatic rings. The van der Waals surface area contributed by atoms with E-state index in [1.165, 1.54) is 11.3 Å². The molecule has 2 heterocycles. The number of halogens is 3. The molecule has 2 rings (SSSR count). The number of nitrogens with one attached hydrogen (secondary N) is 1. The van der Waals surface area contributed by atoms with Crippen molar-refractivity contribution in [1.29, 1.82) is 0 Å². The first kappa shape index (κ1) is 14.8. The molecule has 108 valence electrons. The van der Waals surface area contributed by atoms with Crippen molar-refractivity contribution in [3.8, 4) is 0 Å². The quantitative estimate of drug-likeness (QED) is 0.868. The lowest BCUT2D eigenvalue weighted by molar-refractivity contribution is -0.491. The van der Waals surface area contributed by atoms with E-state index in [2.05, 4.69) is 0 Å². The highest BCUT2D eigenvalue weighted by Gasteiger charge is 2.44. The molecule has 0 spiro atoms. The molecule has 1 N–H and O–H groups in total. The minimum Gasteiger partial charge on any atom is -0.236 e. The lowest BCUT2D eigenvalue weighted by atomic mass is 10.1. The van der Waals surface area contributed by atoms with Gasteiger partial charge in [0.1, 0.15) is 0 Å². The van der Waals surface area contributed by atoms with Gasteiger partial charge in [-0.25, -0.2) is 10.1 Å². The van der Waals surface area contributed by atoms with Crippen molar-refractivity contribution in [2.24, 2.45) is 5.92 Å². The van der Waals surface area contributed by atoms with Gasteiger partial charge in [0.15, 0.2) is 4.83 Å². The Kier molecular flexibility index (Phi) is 3.99. The van der Waals surface area contributed by atoms with Gasteiger partial charge in [-0.1, -0.05) is 31.3 Å². The summed E-state index contributed by atoms with van der Waals surface area (Å²) in [6, 6.07) is 5.32. The van der Waals surface area contributed by atoms with Crippen LogP contribution in [0.15, 0.2) is 24.4 Å². The van der Waals surface area contributed by atoms with Crippen LogP contribution in [0.1, 0.15) is 18.7 Å². The third-order valence-corrected chi connectivity index (χ3v) is 3.79. The Labute approximate surface area is 118 Å². The highest BCUT2D eigenvalue weighted by molar-refractivity contribution is 7.17. The van der Waals surface area contributed by atoms with Gasteiger partial charge in [-0.15, -0.1) is 0 Å². The molecule has 0 aliphatic rings. The highest BCUT2D eigenvalue weighted by atomic mass is 32.1. The van der Waals surface area contributed by atoms with Crippen LogP contribution < -0.4 is 9.72 Å². The average Bonchev–Trinajstić information content (AvgIpc) is 2.65. The summed E-state index contributed by atoms with van der Waals surface area (Å²) in [5.41, 5.74) is 0. The predicted octanol–water partition coefficient (Wildman–Crippen LogP) is 3.19. The van der Waals surface area contributed by atoms with Crippen molar-refractivity contribution in [1.82, 2.24) is 0 Å². The number of amides is 1. The predicted molar refractivity (Wildman–Crippen MR) is 70.7 cm³/mol. The average molecular weight is 303 g/mol. The molecule has 2 aromatic heterocycles. The first-order valence-corrected chi connectivity index (χ1v) is 6.91. The summed E-state index contributed by atoms with van der Waals surface area (Å²) in [5.74, 6) is -1.45. The maximum Gasteiger partial charge on any atom is 0.495 e. The van der Waals surface area contributed by atoms with Gasteiger partial charge in [0.05, 0.1) is 11.1 Å². The topological polar surface area (TPSA) is 33.2 Å². The zero-order valence-electron chi connectivity index (χ0n) is 11.0. The SMILES string of the molecule is CC(C)Cc1sc2cccc[n+]2c1NC(=O)C(F)(F)F. The zero-order valence-corrected chi connectivity index (χ0v) is 11.8. The van der Waals surface area contributed by atoms with E-state index in [-0.39, 0.29) is 11.7 Å². The molecule has 0 fully saturated rings. The number of carbonyl (C=O) groups excluding carboxylic acids is 1. The van der Waals surface area contributed by atoms with E-state index in [0.29, 0.717) is 6.42 Å². The third-order valence-electron chi connectivity index (χ3n) is 2.64. The molecule has 7 heteroatoms. The van der Waals surface area contributed by atoms with Gasteiger partial charge in [0, 0.05) is 0 Å². The normalized spacial score (nSPS) is 12.1. The van der Waals surface area contributed by atoms with Crippen molar-refractivity contribution in [2.75, 3.05) is 5.32 Å². The number of carbonyl (C=O) groups is 1. The third kappa shape index (κ3) is 3.09. The molecular weight excluding hydrogens is 289 g/mol. The number of nitrogens with zero attached hydrogens (tertiary/aromatic N) is 1. The second kappa shape index (κ2) is 5.40. The number of alkyl halides is 3. The summed E-state index contributed by atoms with van der Waals surface area (Å²) >= 11 is 1.39. The molecule has 3 nitrogen and oxygen atoms in total. The Morgan fingerprint density at radius 2 is 2.10 bits per heavy atom. The number of thiazole rings is 1. The lowest BCUT2D eigenvalue weighted by Gasteiger charge is -2.04. The van der Waals surface area contributed by atoms with Crippen LogP contribution in [0.2, 0.25) is 0 Å². The molecule has 0 aromatic carbocycles. The van der Waals surface area contributed by atoms with Crippen molar-refractivity contribution in [2.45, 2.75) is 26.4 Å². The lowest BCUT2D eigenvalue weighted by Crippen LogP contribution is -2.35. The van der Waals surface area contributed by atoms with Crippen molar-refractivity contribution >= 4 is 27.9 Å². The molecule has 0 saturated heterocycles. The largest absolute Gasteiger partial charge is 0.495 e. The van der Waals surface area contributed by atoms with Crippen LogP contribution in [-0.4, -0.2) is 12.1 Å². The van der Waals surface area contributed by atoms with Crippen LogP contribution in [0.3, 0.4) is 0 Å². The smallest absolute Gasteiger partial charge is 0.236 e. The maximum atomic E-state index is 12.4. The maximum absolute atomic E-state index is 12.4. The number of hydrogen-bond acceptors (Lipinski definition) is 2.